The van der Waals surface area contributed by atoms with E-state index in [9.17, 15) is 0 Å². The van der Waals surface area contributed by atoms with Gasteiger partial charge in [0.1, 0.15) is 17.9 Å². The molecule has 0 saturated heterocycles. The quantitative estimate of drug-likeness (QED) is 0.849. The molecule has 92 valence electrons. The molecule has 0 bridgehead atoms. The van der Waals surface area contributed by atoms with Crippen LogP contribution in [0, 0.1) is 11.3 Å². The van der Waals surface area contributed by atoms with Gasteiger partial charge in [-0.2, -0.15) is 5.26 Å². The number of likely N-dealkylation sites (N-methyl/N-ethyl adjacent to an activating group) is 1. The fourth-order valence-corrected chi connectivity index (χ4v) is 1.35. The summed E-state index contributed by atoms with van der Waals surface area (Å²) in [6.07, 6.45) is 0. The molecule has 17 heavy (non-hydrogen) atoms. The Balaban J connectivity index is 2.70. The number of hydrogen-bond donors (Lipinski definition) is 1. The number of hydrogen-bond acceptors (Lipinski definition) is 3. The molecular formula is C14H20N2O. The van der Waals surface area contributed by atoms with Gasteiger partial charge in [0.15, 0.2) is 0 Å². The van der Waals surface area contributed by atoms with Crippen LogP contribution in [-0.4, -0.2) is 19.2 Å². The lowest BCUT2D eigenvalue weighted by molar-refractivity contribution is 0.242. The maximum atomic E-state index is 9.01. The highest BCUT2D eigenvalue weighted by Gasteiger charge is 2.22. The second-order valence-electron chi connectivity index (χ2n) is 4.71. The molecule has 0 radical (unpaired) electrons. The van der Waals surface area contributed by atoms with Crippen LogP contribution >= 0.6 is 0 Å². The first-order chi connectivity index (χ1) is 8.00. The Labute approximate surface area is 103 Å². The van der Waals surface area contributed by atoms with Crippen molar-refractivity contribution in [3.63, 3.8) is 0 Å². The summed E-state index contributed by atoms with van der Waals surface area (Å²) in [6.45, 7) is 6.44. The summed E-state index contributed by atoms with van der Waals surface area (Å²) in [7, 11) is 1.76. The summed E-state index contributed by atoms with van der Waals surface area (Å²) < 4.78 is 5.66. The summed E-state index contributed by atoms with van der Waals surface area (Å²) in [4.78, 5) is 0. The third-order valence-corrected chi connectivity index (χ3v) is 2.85. The van der Waals surface area contributed by atoms with Crippen LogP contribution in [0.3, 0.4) is 0 Å². The lowest BCUT2D eigenvalue weighted by atomic mass is 10.0. The van der Waals surface area contributed by atoms with Gasteiger partial charge < -0.3 is 4.74 Å². The third kappa shape index (κ3) is 3.76. The second-order valence-corrected chi connectivity index (χ2v) is 4.71. The fourth-order valence-electron chi connectivity index (χ4n) is 1.35. The van der Waals surface area contributed by atoms with Crippen molar-refractivity contribution < 1.29 is 4.74 Å². The summed E-state index contributed by atoms with van der Waals surface area (Å²) in [5, 5.41) is 12.0. The summed E-state index contributed by atoms with van der Waals surface area (Å²) >= 11 is 0. The molecule has 0 fully saturated rings. The van der Waals surface area contributed by atoms with Crippen LogP contribution in [-0.2, 0) is 0 Å². The predicted molar refractivity (Wildman–Crippen MR) is 69.1 cm³/mol. The molecule has 1 unspecified atom stereocenters. The van der Waals surface area contributed by atoms with E-state index in [4.69, 9.17) is 10.00 Å². The van der Waals surface area contributed by atoms with Gasteiger partial charge in [-0.1, -0.05) is 26.0 Å². The Bertz CT molecular complexity index is 409. The number of nitrogens with zero attached hydrogens (tertiary/aromatic N) is 1. The maximum Gasteiger partial charge on any atom is 0.137 e. The van der Waals surface area contributed by atoms with Gasteiger partial charge in [0.05, 0.1) is 6.07 Å². The summed E-state index contributed by atoms with van der Waals surface area (Å²) in [6, 6.07) is 10.2. The highest BCUT2D eigenvalue weighted by Crippen LogP contribution is 2.20. The van der Waals surface area contributed by atoms with Crippen LogP contribution in [0.4, 0.5) is 0 Å². The zero-order chi connectivity index (χ0) is 12.9. The molecule has 0 heterocycles. The molecule has 3 heteroatoms. The molecular weight excluding hydrogens is 212 g/mol. The predicted octanol–water partition coefficient (Wildman–Crippen LogP) is 2.69. The zero-order valence-corrected chi connectivity index (χ0v) is 10.9. The molecule has 3 nitrogen and oxygen atoms in total. The molecule has 1 N–H and O–H groups in total. The first-order valence-corrected chi connectivity index (χ1v) is 5.83. The van der Waals surface area contributed by atoms with E-state index in [2.05, 4.69) is 31.3 Å². The van der Waals surface area contributed by atoms with E-state index in [1.54, 1.807) is 7.05 Å². The normalized spacial score (nSPS) is 14.1. The molecule has 0 spiro atoms. The van der Waals surface area contributed by atoms with Gasteiger partial charge in [-0.05, 0) is 37.6 Å². The number of benzene rings is 1. The minimum absolute atomic E-state index is 0.335. The van der Waals surface area contributed by atoms with Crippen LogP contribution in [0.5, 0.6) is 5.75 Å². The second kappa shape index (κ2) is 5.70. The summed E-state index contributed by atoms with van der Waals surface area (Å²) in [5.74, 6) is 1.29. The van der Waals surface area contributed by atoms with Gasteiger partial charge in [-0.15, -0.1) is 0 Å². The minimum Gasteiger partial charge on any atom is -0.491 e. The van der Waals surface area contributed by atoms with E-state index < -0.39 is 5.54 Å². The van der Waals surface area contributed by atoms with Gasteiger partial charge >= 0.3 is 0 Å². The Morgan fingerprint density at radius 1 is 1.47 bits per heavy atom. The van der Waals surface area contributed by atoms with Crippen LogP contribution in [0.25, 0.3) is 0 Å². The van der Waals surface area contributed by atoms with E-state index in [-0.39, 0.29) is 0 Å². The minimum atomic E-state index is -0.645. The molecule has 1 rings (SSSR count). The van der Waals surface area contributed by atoms with Crippen LogP contribution in [0.15, 0.2) is 24.3 Å². The van der Waals surface area contributed by atoms with Crippen LogP contribution < -0.4 is 10.1 Å². The molecule has 0 aliphatic rings. The smallest absolute Gasteiger partial charge is 0.137 e. The molecule has 0 saturated carbocycles. The molecule has 0 aliphatic carbocycles. The number of nitriles is 1. The highest BCUT2D eigenvalue weighted by atomic mass is 16.5. The van der Waals surface area contributed by atoms with Gasteiger partial charge in [0.2, 0.25) is 0 Å². The molecule has 1 aromatic rings. The van der Waals surface area contributed by atoms with Crippen molar-refractivity contribution in [2.45, 2.75) is 32.2 Å². The topological polar surface area (TPSA) is 45.0 Å². The average Bonchev–Trinajstić information content (AvgIpc) is 2.36. The fraction of sp³-hybridized carbons (Fsp3) is 0.500. The van der Waals surface area contributed by atoms with Crippen molar-refractivity contribution in [2.75, 3.05) is 13.7 Å². The van der Waals surface area contributed by atoms with E-state index in [1.165, 1.54) is 5.56 Å². The van der Waals surface area contributed by atoms with E-state index in [0.29, 0.717) is 12.5 Å². The average molecular weight is 232 g/mol. The van der Waals surface area contributed by atoms with Gasteiger partial charge in [-0.25, -0.2) is 0 Å². The van der Waals surface area contributed by atoms with Crippen molar-refractivity contribution in [1.29, 1.82) is 5.26 Å². The molecule has 0 amide bonds. The largest absolute Gasteiger partial charge is 0.491 e. The SMILES string of the molecule is CNC(C)(C#N)COc1cccc(C(C)C)c1. The first-order valence-electron chi connectivity index (χ1n) is 5.83. The van der Waals surface area contributed by atoms with Gasteiger partial charge in [-0.3, -0.25) is 5.32 Å². The van der Waals surface area contributed by atoms with E-state index >= 15 is 0 Å². The highest BCUT2D eigenvalue weighted by molar-refractivity contribution is 5.30. The number of nitrogens with one attached hydrogen (secondary N) is 1. The van der Waals surface area contributed by atoms with E-state index in [1.807, 2.05) is 25.1 Å². The molecule has 1 aromatic carbocycles. The van der Waals surface area contributed by atoms with Gasteiger partial charge in [0.25, 0.3) is 0 Å². The summed E-state index contributed by atoms with van der Waals surface area (Å²) in [5.41, 5.74) is 0.596. The third-order valence-electron chi connectivity index (χ3n) is 2.85. The molecule has 0 aliphatic heterocycles. The van der Waals surface area contributed by atoms with Crippen molar-refractivity contribution >= 4 is 0 Å². The van der Waals surface area contributed by atoms with Crippen molar-refractivity contribution in [3.8, 4) is 11.8 Å². The Morgan fingerprint density at radius 3 is 2.71 bits per heavy atom. The van der Waals surface area contributed by atoms with Crippen molar-refractivity contribution in [3.05, 3.63) is 29.8 Å². The molecule has 0 aromatic heterocycles. The van der Waals surface area contributed by atoms with Crippen LogP contribution in [0.2, 0.25) is 0 Å². The van der Waals surface area contributed by atoms with Gasteiger partial charge in [0, 0.05) is 0 Å². The van der Waals surface area contributed by atoms with E-state index in [0.717, 1.165) is 5.75 Å². The Kier molecular flexibility index (Phi) is 4.53. The zero-order valence-electron chi connectivity index (χ0n) is 10.9. The van der Waals surface area contributed by atoms with Crippen LogP contribution in [0.1, 0.15) is 32.3 Å². The molecule has 1 atom stereocenters. The lowest BCUT2D eigenvalue weighted by Crippen LogP contribution is -2.43. The monoisotopic (exact) mass is 232 g/mol. The van der Waals surface area contributed by atoms with Crippen molar-refractivity contribution in [1.82, 2.24) is 5.32 Å². The number of rotatable bonds is 5. The first kappa shape index (κ1) is 13.5. The maximum absolute atomic E-state index is 9.01. The lowest BCUT2D eigenvalue weighted by Gasteiger charge is -2.21. The standard InChI is InChI=1S/C14H20N2O/c1-11(2)12-6-5-7-13(8-12)17-10-14(3,9-15)16-4/h5-8,11,16H,10H2,1-4H3. The van der Waals surface area contributed by atoms with Crippen molar-refractivity contribution in [2.24, 2.45) is 0 Å². The number of ether oxygens (including phenoxy) is 1. The Hall–Kier alpha value is -1.53. The Morgan fingerprint density at radius 2 is 2.18 bits per heavy atom.